The Kier molecular flexibility index (Phi) is 5.78. The molecule has 2 N–H and O–H groups in total. The van der Waals surface area contributed by atoms with E-state index in [-0.39, 0.29) is 5.91 Å². The zero-order chi connectivity index (χ0) is 19.2. The van der Waals surface area contributed by atoms with Gasteiger partial charge in [-0.2, -0.15) is 0 Å². The minimum absolute atomic E-state index is 0.311. The predicted octanol–water partition coefficient (Wildman–Crippen LogP) is 4.75. The number of ether oxygens (including phenoxy) is 2. The van der Waals surface area contributed by atoms with Crippen LogP contribution in [0.1, 0.15) is 10.4 Å². The number of nitrogens with one attached hydrogen (secondary N) is 2. The van der Waals surface area contributed by atoms with Crippen LogP contribution in [0.3, 0.4) is 0 Å². The molecule has 138 valence electrons. The third kappa shape index (κ3) is 4.48. The highest BCUT2D eigenvalue weighted by Gasteiger charge is 2.12. The Labute approximate surface area is 162 Å². The van der Waals surface area contributed by atoms with Crippen molar-refractivity contribution in [1.29, 1.82) is 0 Å². The SMILES string of the molecule is COc1ccc(NC(=O)c2cncc(Nc3ccccc3Cl)c2)c(OC)c1. The van der Waals surface area contributed by atoms with E-state index in [1.807, 2.05) is 18.2 Å². The van der Waals surface area contributed by atoms with Gasteiger partial charge in [0.05, 0.1) is 48.1 Å². The number of hydrogen-bond acceptors (Lipinski definition) is 5. The molecule has 3 rings (SSSR count). The van der Waals surface area contributed by atoms with Gasteiger partial charge >= 0.3 is 0 Å². The fourth-order valence-electron chi connectivity index (χ4n) is 2.45. The number of aromatic nitrogens is 1. The number of carbonyl (C=O) groups is 1. The van der Waals surface area contributed by atoms with Crippen LogP contribution in [0.15, 0.2) is 60.9 Å². The van der Waals surface area contributed by atoms with Gasteiger partial charge in [-0.3, -0.25) is 9.78 Å². The van der Waals surface area contributed by atoms with Crippen LogP contribution in [0.25, 0.3) is 0 Å². The molecule has 0 saturated carbocycles. The first-order chi connectivity index (χ1) is 13.1. The van der Waals surface area contributed by atoms with Gasteiger partial charge in [0.1, 0.15) is 11.5 Å². The molecule has 6 nitrogen and oxygen atoms in total. The zero-order valence-electron chi connectivity index (χ0n) is 14.8. The molecule has 0 saturated heterocycles. The molecule has 0 aliphatic carbocycles. The summed E-state index contributed by atoms with van der Waals surface area (Å²) in [6, 6.07) is 14.2. The van der Waals surface area contributed by atoms with Gasteiger partial charge in [-0.25, -0.2) is 0 Å². The van der Waals surface area contributed by atoms with Gasteiger partial charge in [-0.05, 0) is 30.3 Å². The number of carbonyl (C=O) groups excluding carboxylic acids is 1. The Morgan fingerprint density at radius 1 is 1.00 bits per heavy atom. The molecule has 0 radical (unpaired) electrons. The van der Waals surface area contributed by atoms with E-state index in [4.69, 9.17) is 21.1 Å². The number of benzene rings is 2. The average molecular weight is 384 g/mol. The second-order valence-electron chi connectivity index (χ2n) is 5.59. The third-order valence-electron chi connectivity index (χ3n) is 3.81. The highest BCUT2D eigenvalue weighted by atomic mass is 35.5. The lowest BCUT2D eigenvalue weighted by Gasteiger charge is -2.12. The Hall–Kier alpha value is -3.25. The molecule has 3 aromatic rings. The molecule has 2 aromatic carbocycles. The summed E-state index contributed by atoms with van der Waals surface area (Å²) in [5.41, 5.74) is 2.31. The van der Waals surface area contributed by atoms with Gasteiger partial charge in [0, 0.05) is 12.3 Å². The number of rotatable bonds is 6. The van der Waals surface area contributed by atoms with Gasteiger partial charge in [0.15, 0.2) is 0 Å². The number of anilines is 3. The zero-order valence-corrected chi connectivity index (χ0v) is 15.6. The summed E-state index contributed by atoms with van der Waals surface area (Å²) in [6.07, 6.45) is 3.11. The summed E-state index contributed by atoms with van der Waals surface area (Å²) in [5.74, 6) is 0.826. The van der Waals surface area contributed by atoms with Gasteiger partial charge in [0.25, 0.3) is 5.91 Å². The minimum Gasteiger partial charge on any atom is -0.497 e. The second kappa shape index (κ2) is 8.42. The van der Waals surface area contributed by atoms with Crippen LogP contribution in [0, 0.1) is 0 Å². The minimum atomic E-state index is -0.311. The highest BCUT2D eigenvalue weighted by Crippen LogP contribution is 2.30. The summed E-state index contributed by atoms with van der Waals surface area (Å²) in [4.78, 5) is 16.7. The summed E-state index contributed by atoms with van der Waals surface area (Å²) in [7, 11) is 3.09. The molecule has 1 heterocycles. The summed E-state index contributed by atoms with van der Waals surface area (Å²) >= 11 is 6.16. The molecule has 0 aliphatic rings. The Morgan fingerprint density at radius 3 is 2.56 bits per heavy atom. The Bertz CT molecular complexity index is 963. The van der Waals surface area contributed by atoms with E-state index in [1.54, 1.807) is 43.6 Å². The van der Waals surface area contributed by atoms with Crippen LogP contribution in [-0.4, -0.2) is 25.1 Å². The van der Waals surface area contributed by atoms with Crippen LogP contribution in [0.5, 0.6) is 11.5 Å². The average Bonchev–Trinajstić information content (AvgIpc) is 2.70. The first kappa shape index (κ1) is 18.5. The lowest BCUT2D eigenvalue weighted by Crippen LogP contribution is -2.13. The molecule has 1 aromatic heterocycles. The normalized spacial score (nSPS) is 10.2. The number of nitrogens with zero attached hydrogens (tertiary/aromatic N) is 1. The number of para-hydroxylation sites is 1. The van der Waals surface area contributed by atoms with E-state index in [1.165, 1.54) is 13.3 Å². The van der Waals surface area contributed by atoms with Crippen LogP contribution in [0.2, 0.25) is 5.02 Å². The van der Waals surface area contributed by atoms with Crippen molar-refractivity contribution < 1.29 is 14.3 Å². The van der Waals surface area contributed by atoms with Gasteiger partial charge in [0.2, 0.25) is 0 Å². The van der Waals surface area contributed by atoms with E-state index < -0.39 is 0 Å². The molecule has 0 atom stereocenters. The summed E-state index contributed by atoms with van der Waals surface area (Å²) < 4.78 is 10.5. The molecular weight excluding hydrogens is 366 g/mol. The van der Waals surface area contributed by atoms with Crippen LogP contribution in [-0.2, 0) is 0 Å². The topological polar surface area (TPSA) is 72.5 Å². The molecule has 0 spiro atoms. The van der Waals surface area contributed by atoms with Crippen LogP contribution < -0.4 is 20.1 Å². The largest absolute Gasteiger partial charge is 0.497 e. The van der Waals surface area contributed by atoms with Crippen molar-refractivity contribution in [3.05, 3.63) is 71.5 Å². The van der Waals surface area contributed by atoms with Crippen molar-refractivity contribution >= 4 is 34.6 Å². The first-order valence-corrected chi connectivity index (χ1v) is 8.48. The van der Waals surface area contributed by atoms with E-state index in [2.05, 4.69) is 15.6 Å². The Morgan fingerprint density at radius 2 is 1.81 bits per heavy atom. The molecular formula is C20H18ClN3O3. The van der Waals surface area contributed by atoms with E-state index in [0.717, 1.165) is 5.69 Å². The summed E-state index contributed by atoms with van der Waals surface area (Å²) in [5, 5.41) is 6.55. The fourth-order valence-corrected chi connectivity index (χ4v) is 2.63. The van der Waals surface area contributed by atoms with E-state index in [9.17, 15) is 4.79 Å². The van der Waals surface area contributed by atoms with E-state index >= 15 is 0 Å². The lowest BCUT2D eigenvalue weighted by molar-refractivity contribution is 0.102. The second-order valence-corrected chi connectivity index (χ2v) is 5.99. The monoisotopic (exact) mass is 383 g/mol. The molecule has 27 heavy (non-hydrogen) atoms. The number of amides is 1. The number of pyridine rings is 1. The molecule has 1 amide bonds. The smallest absolute Gasteiger partial charge is 0.257 e. The van der Waals surface area contributed by atoms with Gasteiger partial charge in [-0.1, -0.05) is 23.7 Å². The maximum atomic E-state index is 12.6. The maximum Gasteiger partial charge on any atom is 0.257 e. The standard InChI is InChI=1S/C20H18ClN3O3/c1-26-15-7-8-18(19(10-15)27-2)24-20(25)13-9-14(12-22-11-13)23-17-6-4-3-5-16(17)21/h3-12,23H,1-2H3,(H,24,25). The van der Waals surface area contributed by atoms with E-state index in [0.29, 0.717) is 33.5 Å². The van der Waals surface area contributed by atoms with Crippen LogP contribution >= 0.6 is 11.6 Å². The van der Waals surface area contributed by atoms with Gasteiger partial charge in [-0.15, -0.1) is 0 Å². The molecule has 0 aliphatic heterocycles. The predicted molar refractivity (Wildman–Crippen MR) is 106 cm³/mol. The van der Waals surface area contributed by atoms with Crippen molar-refractivity contribution in [1.82, 2.24) is 4.98 Å². The van der Waals surface area contributed by atoms with Crippen molar-refractivity contribution in [2.24, 2.45) is 0 Å². The molecule has 0 unspecified atom stereocenters. The first-order valence-electron chi connectivity index (χ1n) is 8.10. The Balaban J connectivity index is 1.79. The molecule has 0 bridgehead atoms. The number of methoxy groups -OCH3 is 2. The fraction of sp³-hybridized carbons (Fsp3) is 0.100. The van der Waals surface area contributed by atoms with Crippen molar-refractivity contribution in [3.63, 3.8) is 0 Å². The summed E-state index contributed by atoms with van der Waals surface area (Å²) in [6.45, 7) is 0. The van der Waals surface area contributed by atoms with Crippen molar-refractivity contribution in [2.45, 2.75) is 0 Å². The highest BCUT2D eigenvalue weighted by molar-refractivity contribution is 6.33. The molecule has 7 heteroatoms. The van der Waals surface area contributed by atoms with Crippen molar-refractivity contribution in [2.75, 3.05) is 24.9 Å². The van der Waals surface area contributed by atoms with Gasteiger partial charge < -0.3 is 20.1 Å². The number of halogens is 1. The molecule has 0 fully saturated rings. The lowest BCUT2D eigenvalue weighted by atomic mass is 10.2. The third-order valence-corrected chi connectivity index (χ3v) is 4.14. The van der Waals surface area contributed by atoms with Crippen molar-refractivity contribution in [3.8, 4) is 11.5 Å². The van der Waals surface area contributed by atoms with Crippen LogP contribution in [0.4, 0.5) is 17.1 Å². The number of hydrogen-bond donors (Lipinski definition) is 2. The maximum absolute atomic E-state index is 12.6. The quantitative estimate of drug-likeness (QED) is 0.642.